The van der Waals surface area contributed by atoms with Gasteiger partial charge in [-0.3, -0.25) is 0 Å². The van der Waals surface area contributed by atoms with E-state index in [1.54, 1.807) is 13.3 Å². The van der Waals surface area contributed by atoms with Crippen LogP contribution in [0, 0.1) is 6.92 Å². The Bertz CT molecular complexity index is 395. The van der Waals surface area contributed by atoms with E-state index in [2.05, 4.69) is 16.8 Å². The second-order valence-corrected chi connectivity index (χ2v) is 4.20. The van der Waals surface area contributed by atoms with E-state index in [1.807, 2.05) is 13.0 Å². The van der Waals surface area contributed by atoms with Crippen LogP contribution in [0.15, 0.2) is 12.3 Å². The molecule has 0 aliphatic carbocycles. The highest BCUT2D eigenvalue weighted by Crippen LogP contribution is 2.20. The quantitative estimate of drug-likeness (QED) is 0.779. The first-order valence-electron chi connectivity index (χ1n) is 5.61. The Labute approximate surface area is 108 Å². The van der Waals surface area contributed by atoms with E-state index in [0.29, 0.717) is 11.6 Å². The molecule has 1 aromatic heterocycles. The number of aromatic nitrogens is 1. The number of methoxy groups -OCH3 is 1. The van der Waals surface area contributed by atoms with Gasteiger partial charge in [-0.15, -0.1) is 0 Å². The molecule has 5 heteroatoms. The van der Waals surface area contributed by atoms with E-state index in [1.165, 1.54) is 0 Å². The summed E-state index contributed by atoms with van der Waals surface area (Å²) in [4.78, 5) is 6.89. The number of anilines is 1. The van der Waals surface area contributed by atoms with Gasteiger partial charge in [0.1, 0.15) is 10.8 Å². The molecule has 0 radical (unpaired) electrons. The summed E-state index contributed by atoms with van der Waals surface area (Å²) in [6, 6.07) is 1.92. The summed E-state index contributed by atoms with van der Waals surface area (Å²) in [6.07, 6.45) is 1.78. The number of nitrogens with zero attached hydrogens (tertiary/aromatic N) is 2. The zero-order chi connectivity index (χ0) is 12.8. The normalized spacial score (nSPS) is 10.3. The largest absolute Gasteiger partial charge is 0.389 e. The van der Waals surface area contributed by atoms with E-state index >= 15 is 0 Å². The van der Waals surface area contributed by atoms with Crippen molar-refractivity contribution in [3.63, 3.8) is 0 Å². The van der Waals surface area contributed by atoms with Gasteiger partial charge in [0.2, 0.25) is 0 Å². The maximum absolute atomic E-state index is 5.77. The molecular weight excluding hydrogens is 234 g/mol. The Hall–Kier alpha value is -1.20. The number of likely N-dealkylation sites (N-methyl/N-ethyl adjacent to an activating group) is 1. The Morgan fingerprint density at radius 1 is 1.59 bits per heavy atom. The molecule has 0 saturated heterocycles. The van der Waals surface area contributed by atoms with Crippen molar-refractivity contribution < 1.29 is 4.74 Å². The number of aryl methyl sites for hydroxylation is 1. The second kappa shape index (κ2) is 6.51. The summed E-state index contributed by atoms with van der Waals surface area (Å²) in [6.45, 7) is 6.33. The molecule has 0 atom stereocenters. The molecule has 4 nitrogen and oxygen atoms in total. The van der Waals surface area contributed by atoms with Gasteiger partial charge in [-0.2, -0.15) is 0 Å². The second-order valence-electron chi connectivity index (χ2n) is 3.76. The molecular formula is C12H19N3OS. The lowest BCUT2D eigenvalue weighted by molar-refractivity contribution is 0.205. The third-order valence-corrected chi connectivity index (χ3v) is 2.84. The number of ether oxygens (including phenoxy) is 1. The molecule has 0 bridgehead atoms. The van der Waals surface area contributed by atoms with E-state index < -0.39 is 0 Å². The summed E-state index contributed by atoms with van der Waals surface area (Å²) < 4.78 is 5.09. The van der Waals surface area contributed by atoms with Crippen molar-refractivity contribution in [2.24, 2.45) is 5.73 Å². The van der Waals surface area contributed by atoms with Crippen molar-refractivity contribution in [1.82, 2.24) is 4.98 Å². The molecule has 0 unspecified atom stereocenters. The van der Waals surface area contributed by atoms with E-state index in [0.717, 1.165) is 30.0 Å². The molecule has 0 aliphatic heterocycles. The zero-order valence-corrected chi connectivity index (χ0v) is 11.4. The van der Waals surface area contributed by atoms with E-state index in [4.69, 9.17) is 22.7 Å². The number of hydrogen-bond donors (Lipinski definition) is 1. The first-order chi connectivity index (χ1) is 8.11. The van der Waals surface area contributed by atoms with Gasteiger partial charge in [-0.1, -0.05) is 12.2 Å². The lowest BCUT2D eigenvalue weighted by Gasteiger charge is -2.24. The van der Waals surface area contributed by atoms with Crippen LogP contribution in [0.1, 0.15) is 18.1 Å². The third kappa shape index (κ3) is 3.38. The number of thiocarbonyl (C=S) groups is 1. The minimum absolute atomic E-state index is 0.390. The molecule has 17 heavy (non-hydrogen) atoms. The van der Waals surface area contributed by atoms with Gasteiger partial charge in [0, 0.05) is 26.4 Å². The molecule has 2 N–H and O–H groups in total. The highest BCUT2D eigenvalue weighted by atomic mass is 32.1. The van der Waals surface area contributed by atoms with Gasteiger partial charge < -0.3 is 15.4 Å². The highest BCUT2D eigenvalue weighted by Gasteiger charge is 2.14. The van der Waals surface area contributed by atoms with Crippen molar-refractivity contribution >= 4 is 23.0 Å². The number of rotatable bonds is 6. The predicted octanol–water partition coefficient (Wildman–Crippen LogP) is 1.50. The fourth-order valence-corrected chi connectivity index (χ4v) is 1.96. The number of hydrogen-bond acceptors (Lipinski definition) is 4. The molecule has 1 rings (SSSR count). The lowest BCUT2D eigenvalue weighted by atomic mass is 10.1. The smallest absolute Gasteiger partial charge is 0.139 e. The summed E-state index contributed by atoms with van der Waals surface area (Å²) in [5.74, 6) is 0.844. The van der Waals surface area contributed by atoms with Gasteiger partial charge in [0.05, 0.1) is 12.2 Å². The molecule has 94 valence electrons. The molecule has 0 fully saturated rings. The predicted molar refractivity (Wildman–Crippen MR) is 74.6 cm³/mol. The standard InChI is InChI=1S/C12H19N3OS/c1-4-15(7-8-16-3)12-10(11(13)17)9(2)5-6-14-12/h5-6H,4,7-8H2,1-3H3,(H2,13,17). The molecule has 0 spiro atoms. The van der Waals surface area contributed by atoms with Crippen LogP contribution in [-0.4, -0.2) is 36.8 Å². The maximum Gasteiger partial charge on any atom is 0.139 e. The molecule has 0 saturated carbocycles. The van der Waals surface area contributed by atoms with Gasteiger partial charge in [0.15, 0.2) is 0 Å². The van der Waals surface area contributed by atoms with E-state index in [9.17, 15) is 0 Å². The molecule has 1 aromatic rings. The summed E-state index contributed by atoms with van der Waals surface area (Å²) in [5, 5.41) is 0. The van der Waals surface area contributed by atoms with E-state index in [-0.39, 0.29) is 0 Å². The van der Waals surface area contributed by atoms with Crippen LogP contribution in [0.5, 0.6) is 0 Å². The highest BCUT2D eigenvalue weighted by molar-refractivity contribution is 7.80. The minimum Gasteiger partial charge on any atom is -0.389 e. The van der Waals surface area contributed by atoms with Crippen molar-refractivity contribution in [2.45, 2.75) is 13.8 Å². The first kappa shape index (κ1) is 13.9. The fourth-order valence-electron chi connectivity index (χ4n) is 1.70. The van der Waals surface area contributed by atoms with Crippen LogP contribution in [0.3, 0.4) is 0 Å². The SMILES string of the molecule is CCN(CCOC)c1nccc(C)c1C(N)=S. The lowest BCUT2D eigenvalue weighted by Crippen LogP contribution is -2.30. The van der Waals surface area contributed by atoms with Crippen LogP contribution in [0.25, 0.3) is 0 Å². The molecule has 0 amide bonds. The first-order valence-corrected chi connectivity index (χ1v) is 6.01. The van der Waals surface area contributed by atoms with Gasteiger partial charge in [-0.25, -0.2) is 4.98 Å². The number of pyridine rings is 1. The minimum atomic E-state index is 0.390. The molecule has 0 aromatic carbocycles. The van der Waals surface area contributed by atoms with Crippen LogP contribution in [-0.2, 0) is 4.74 Å². The Balaban J connectivity index is 3.09. The van der Waals surface area contributed by atoms with Crippen molar-refractivity contribution in [3.8, 4) is 0 Å². The zero-order valence-electron chi connectivity index (χ0n) is 10.6. The summed E-state index contributed by atoms with van der Waals surface area (Å²) >= 11 is 5.10. The van der Waals surface area contributed by atoms with Gasteiger partial charge in [0.25, 0.3) is 0 Å². The Morgan fingerprint density at radius 2 is 2.29 bits per heavy atom. The van der Waals surface area contributed by atoms with Crippen LogP contribution < -0.4 is 10.6 Å². The summed E-state index contributed by atoms with van der Waals surface area (Å²) in [5.41, 5.74) is 7.69. The summed E-state index contributed by atoms with van der Waals surface area (Å²) in [7, 11) is 1.69. The fraction of sp³-hybridized carbons (Fsp3) is 0.500. The molecule has 0 aliphatic rings. The van der Waals surface area contributed by atoms with Gasteiger partial charge >= 0.3 is 0 Å². The monoisotopic (exact) mass is 253 g/mol. The number of nitrogens with two attached hydrogens (primary N) is 1. The van der Waals surface area contributed by atoms with Crippen molar-refractivity contribution in [3.05, 3.63) is 23.4 Å². The van der Waals surface area contributed by atoms with Crippen molar-refractivity contribution in [2.75, 3.05) is 31.7 Å². The van der Waals surface area contributed by atoms with Crippen LogP contribution in [0.4, 0.5) is 5.82 Å². The van der Waals surface area contributed by atoms with Crippen LogP contribution in [0.2, 0.25) is 0 Å². The Morgan fingerprint density at radius 3 is 2.82 bits per heavy atom. The van der Waals surface area contributed by atoms with Crippen LogP contribution >= 0.6 is 12.2 Å². The molecule has 1 heterocycles. The van der Waals surface area contributed by atoms with Crippen molar-refractivity contribution in [1.29, 1.82) is 0 Å². The topological polar surface area (TPSA) is 51.4 Å². The average Bonchev–Trinajstić information content (AvgIpc) is 2.29. The maximum atomic E-state index is 5.77. The Kier molecular flexibility index (Phi) is 5.31. The third-order valence-electron chi connectivity index (χ3n) is 2.63. The van der Waals surface area contributed by atoms with Gasteiger partial charge in [-0.05, 0) is 25.5 Å². The average molecular weight is 253 g/mol.